The van der Waals surface area contributed by atoms with Crippen LogP contribution in [0, 0.1) is 6.92 Å². The van der Waals surface area contributed by atoms with Crippen molar-refractivity contribution in [3.8, 4) is 5.75 Å². The Morgan fingerprint density at radius 2 is 1.90 bits per heavy atom. The molecule has 1 heterocycles. The summed E-state index contributed by atoms with van der Waals surface area (Å²) in [7, 11) is 3.61. The zero-order valence-electron chi connectivity index (χ0n) is 17.5. The zero-order chi connectivity index (χ0) is 21.3. The second kappa shape index (κ2) is 10.6. The second-order valence-corrected chi connectivity index (χ2v) is 7.33. The molecule has 2 aromatic carbocycles. The number of rotatable bonds is 8. The molecule has 3 aromatic rings. The van der Waals surface area contributed by atoms with E-state index in [0.29, 0.717) is 19.0 Å². The van der Waals surface area contributed by atoms with Crippen molar-refractivity contribution >= 4 is 17.6 Å². The summed E-state index contributed by atoms with van der Waals surface area (Å²) < 4.78 is 7.17. The van der Waals surface area contributed by atoms with Crippen molar-refractivity contribution in [2.24, 2.45) is 12.0 Å². The SMILES string of the molecule is COc1ccc(CN=C(NCCc2cccc(Cl)c2)NCc2nnc(C)n2C)cc1. The lowest BCUT2D eigenvalue weighted by molar-refractivity contribution is 0.414. The molecule has 0 fully saturated rings. The van der Waals surface area contributed by atoms with E-state index in [-0.39, 0.29) is 0 Å². The summed E-state index contributed by atoms with van der Waals surface area (Å²) in [6.45, 7) is 3.74. The number of nitrogens with one attached hydrogen (secondary N) is 2. The smallest absolute Gasteiger partial charge is 0.191 e. The van der Waals surface area contributed by atoms with Gasteiger partial charge < -0.3 is 19.9 Å². The first-order valence-electron chi connectivity index (χ1n) is 9.79. The molecule has 0 saturated heterocycles. The second-order valence-electron chi connectivity index (χ2n) is 6.90. The fourth-order valence-electron chi connectivity index (χ4n) is 2.86. The van der Waals surface area contributed by atoms with Crippen LogP contribution in [0.1, 0.15) is 22.8 Å². The molecule has 0 aliphatic carbocycles. The lowest BCUT2D eigenvalue weighted by Gasteiger charge is -2.13. The average molecular weight is 427 g/mol. The van der Waals surface area contributed by atoms with Gasteiger partial charge in [0.2, 0.25) is 0 Å². The van der Waals surface area contributed by atoms with Crippen molar-refractivity contribution in [2.45, 2.75) is 26.4 Å². The predicted octanol–water partition coefficient (Wildman–Crippen LogP) is 3.26. The third kappa shape index (κ3) is 6.22. The van der Waals surface area contributed by atoms with Crippen LogP contribution in [-0.2, 0) is 26.6 Å². The fourth-order valence-corrected chi connectivity index (χ4v) is 3.07. The number of nitrogens with zero attached hydrogens (tertiary/aromatic N) is 4. The van der Waals surface area contributed by atoms with E-state index in [1.54, 1.807) is 7.11 Å². The van der Waals surface area contributed by atoms with Crippen molar-refractivity contribution in [3.05, 3.63) is 76.3 Å². The fraction of sp³-hybridized carbons (Fsp3) is 0.318. The minimum Gasteiger partial charge on any atom is -0.497 e. The molecule has 0 amide bonds. The van der Waals surface area contributed by atoms with Gasteiger partial charge >= 0.3 is 0 Å². The largest absolute Gasteiger partial charge is 0.497 e. The number of hydrogen-bond donors (Lipinski definition) is 2. The molecule has 0 radical (unpaired) electrons. The average Bonchev–Trinajstić information content (AvgIpc) is 3.08. The van der Waals surface area contributed by atoms with Gasteiger partial charge in [0.25, 0.3) is 0 Å². The van der Waals surface area contributed by atoms with E-state index in [4.69, 9.17) is 21.3 Å². The topological polar surface area (TPSA) is 76.4 Å². The molecular formula is C22H27ClN6O. The molecule has 0 spiro atoms. The van der Waals surface area contributed by atoms with Gasteiger partial charge in [-0.3, -0.25) is 0 Å². The van der Waals surface area contributed by atoms with Crippen LogP contribution in [0.15, 0.2) is 53.5 Å². The highest BCUT2D eigenvalue weighted by Crippen LogP contribution is 2.12. The molecule has 3 rings (SSSR count). The Morgan fingerprint density at radius 3 is 2.57 bits per heavy atom. The zero-order valence-corrected chi connectivity index (χ0v) is 18.3. The van der Waals surface area contributed by atoms with E-state index in [1.165, 1.54) is 5.56 Å². The van der Waals surface area contributed by atoms with Crippen LogP contribution in [0.3, 0.4) is 0 Å². The number of guanidine groups is 1. The molecule has 0 aliphatic rings. The van der Waals surface area contributed by atoms with Crippen molar-refractivity contribution in [3.63, 3.8) is 0 Å². The number of aryl methyl sites for hydroxylation is 1. The highest BCUT2D eigenvalue weighted by Gasteiger charge is 2.06. The van der Waals surface area contributed by atoms with Gasteiger partial charge in [-0.2, -0.15) is 0 Å². The van der Waals surface area contributed by atoms with Crippen molar-refractivity contribution < 1.29 is 4.74 Å². The Kier molecular flexibility index (Phi) is 7.68. The summed E-state index contributed by atoms with van der Waals surface area (Å²) >= 11 is 6.08. The predicted molar refractivity (Wildman–Crippen MR) is 120 cm³/mol. The molecule has 0 atom stereocenters. The molecule has 0 aliphatic heterocycles. The Morgan fingerprint density at radius 1 is 1.10 bits per heavy atom. The Balaban J connectivity index is 1.63. The van der Waals surface area contributed by atoms with Crippen molar-refractivity contribution in [2.75, 3.05) is 13.7 Å². The number of ether oxygens (including phenoxy) is 1. The van der Waals surface area contributed by atoms with Crippen molar-refractivity contribution in [1.82, 2.24) is 25.4 Å². The van der Waals surface area contributed by atoms with Crippen LogP contribution in [0.4, 0.5) is 0 Å². The molecule has 0 unspecified atom stereocenters. The molecular weight excluding hydrogens is 400 g/mol. The van der Waals surface area contributed by atoms with Crippen LogP contribution in [-0.4, -0.2) is 34.4 Å². The van der Waals surface area contributed by atoms with Crippen LogP contribution in [0.5, 0.6) is 5.75 Å². The number of methoxy groups -OCH3 is 1. The van der Waals surface area contributed by atoms with Crippen molar-refractivity contribution in [1.29, 1.82) is 0 Å². The van der Waals surface area contributed by atoms with Gasteiger partial charge in [-0.05, 0) is 48.7 Å². The van der Waals surface area contributed by atoms with Gasteiger partial charge in [0.15, 0.2) is 11.8 Å². The lowest BCUT2D eigenvalue weighted by atomic mass is 10.1. The van der Waals surface area contributed by atoms with Gasteiger partial charge in [0.1, 0.15) is 11.6 Å². The first-order chi connectivity index (χ1) is 14.5. The van der Waals surface area contributed by atoms with E-state index in [2.05, 4.69) is 26.9 Å². The van der Waals surface area contributed by atoms with Crippen LogP contribution in [0.25, 0.3) is 0 Å². The van der Waals surface area contributed by atoms with Gasteiger partial charge in [-0.1, -0.05) is 35.9 Å². The van der Waals surface area contributed by atoms with Crippen LogP contribution >= 0.6 is 11.6 Å². The molecule has 1 aromatic heterocycles. The Labute approximate surface area is 182 Å². The molecule has 2 N–H and O–H groups in total. The maximum absolute atomic E-state index is 6.08. The summed E-state index contributed by atoms with van der Waals surface area (Å²) in [6, 6.07) is 15.8. The van der Waals surface area contributed by atoms with E-state index in [0.717, 1.165) is 40.9 Å². The summed E-state index contributed by atoms with van der Waals surface area (Å²) in [5, 5.41) is 15.8. The molecule has 0 saturated carbocycles. The first-order valence-corrected chi connectivity index (χ1v) is 10.2. The van der Waals surface area contributed by atoms with Gasteiger partial charge in [0, 0.05) is 18.6 Å². The maximum atomic E-state index is 6.08. The maximum Gasteiger partial charge on any atom is 0.191 e. The number of aliphatic imine (C=N–C) groups is 1. The van der Waals surface area contributed by atoms with E-state index in [1.807, 2.05) is 61.0 Å². The highest BCUT2D eigenvalue weighted by atomic mass is 35.5. The summed E-state index contributed by atoms with van der Waals surface area (Å²) in [6.07, 6.45) is 0.840. The lowest BCUT2D eigenvalue weighted by Crippen LogP contribution is -2.38. The minimum atomic E-state index is 0.531. The van der Waals surface area contributed by atoms with E-state index >= 15 is 0 Å². The normalized spacial score (nSPS) is 11.4. The molecule has 7 nitrogen and oxygen atoms in total. The van der Waals surface area contributed by atoms with Crippen LogP contribution in [0.2, 0.25) is 5.02 Å². The quantitative estimate of drug-likeness (QED) is 0.427. The van der Waals surface area contributed by atoms with Crippen LogP contribution < -0.4 is 15.4 Å². The van der Waals surface area contributed by atoms with E-state index < -0.39 is 0 Å². The van der Waals surface area contributed by atoms with Gasteiger partial charge in [-0.15, -0.1) is 10.2 Å². The molecule has 158 valence electrons. The number of benzene rings is 2. The Hall–Kier alpha value is -3.06. The third-order valence-corrected chi connectivity index (χ3v) is 5.01. The summed E-state index contributed by atoms with van der Waals surface area (Å²) in [5.74, 6) is 3.27. The standard InChI is InChI=1S/C22H27ClN6O/c1-16-27-28-21(29(16)2)15-26-22(24-12-11-17-5-4-6-19(23)13-17)25-14-18-7-9-20(30-3)10-8-18/h4-10,13H,11-12,14-15H2,1-3H3,(H2,24,25,26). The number of halogens is 1. The summed E-state index contributed by atoms with van der Waals surface area (Å²) in [4.78, 5) is 4.72. The van der Waals surface area contributed by atoms with E-state index in [9.17, 15) is 0 Å². The number of hydrogen-bond acceptors (Lipinski definition) is 4. The van der Waals surface area contributed by atoms with Gasteiger partial charge in [-0.25, -0.2) is 4.99 Å². The number of aromatic nitrogens is 3. The molecule has 8 heteroatoms. The molecule has 0 bridgehead atoms. The third-order valence-electron chi connectivity index (χ3n) is 4.77. The minimum absolute atomic E-state index is 0.531. The monoisotopic (exact) mass is 426 g/mol. The Bertz CT molecular complexity index is 984. The summed E-state index contributed by atoms with van der Waals surface area (Å²) in [5.41, 5.74) is 2.27. The highest BCUT2D eigenvalue weighted by molar-refractivity contribution is 6.30. The first kappa shape index (κ1) is 21.6. The van der Waals surface area contributed by atoms with Gasteiger partial charge in [0.05, 0.1) is 20.2 Å². The molecule has 30 heavy (non-hydrogen) atoms.